The molecule has 0 aliphatic heterocycles. The number of ether oxygens (including phenoxy) is 1. The van der Waals surface area contributed by atoms with E-state index in [-0.39, 0.29) is 0 Å². The van der Waals surface area contributed by atoms with Gasteiger partial charge in [0.1, 0.15) is 11.9 Å². The third-order valence-corrected chi connectivity index (χ3v) is 2.41. The van der Waals surface area contributed by atoms with Gasteiger partial charge in [-0.3, -0.25) is 4.79 Å². The number of carbonyl (C=O) groups excluding carboxylic acids is 1. The number of nitrogens with one attached hydrogen (secondary N) is 1. The van der Waals surface area contributed by atoms with Crippen LogP contribution in [0.4, 0.5) is 8.78 Å². The highest BCUT2D eigenvalue weighted by molar-refractivity contribution is 5.92. The number of hydrogen-bond donors (Lipinski definition) is 2. The van der Waals surface area contributed by atoms with Gasteiger partial charge in [0.2, 0.25) is 5.91 Å². The van der Waals surface area contributed by atoms with E-state index in [1.165, 1.54) is 12.2 Å². The maximum absolute atomic E-state index is 12.0. The van der Waals surface area contributed by atoms with E-state index < -0.39 is 25.0 Å². The van der Waals surface area contributed by atoms with Gasteiger partial charge in [0.25, 0.3) is 6.43 Å². The number of aliphatic hydroxyl groups excluding tert-OH is 1. The summed E-state index contributed by atoms with van der Waals surface area (Å²) in [5, 5.41) is 11.1. The van der Waals surface area contributed by atoms with Crippen molar-refractivity contribution in [3.63, 3.8) is 0 Å². The molecule has 110 valence electrons. The number of carbonyl (C=O) groups is 1. The fourth-order valence-corrected chi connectivity index (χ4v) is 1.42. The first-order valence-corrected chi connectivity index (χ1v) is 6.18. The second-order valence-electron chi connectivity index (χ2n) is 3.95. The highest BCUT2D eigenvalue weighted by Gasteiger charge is 2.16. The van der Waals surface area contributed by atoms with Crippen molar-refractivity contribution in [2.75, 3.05) is 13.2 Å². The van der Waals surface area contributed by atoms with Crippen molar-refractivity contribution in [3.8, 4) is 5.75 Å². The van der Waals surface area contributed by atoms with Crippen molar-refractivity contribution in [2.24, 2.45) is 0 Å². The summed E-state index contributed by atoms with van der Waals surface area (Å²) in [6.07, 6.45) is -2.01. The molecule has 0 aliphatic rings. The number of alkyl halides is 2. The number of amides is 1. The van der Waals surface area contributed by atoms with Crippen LogP contribution in [0.2, 0.25) is 0 Å². The van der Waals surface area contributed by atoms with Gasteiger partial charge in [0.15, 0.2) is 0 Å². The SMILES string of the molecule is CCOc1ccccc1/C=C/C(=O)NCC(O)C(F)F. The number of halogens is 2. The Kier molecular flexibility index (Phi) is 6.66. The van der Waals surface area contributed by atoms with Crippen LogP contribution in [0.25, 0.3) is 6.08 Å². The summed E-state index contributed by atoms with van der Waals surface area (Å²) in [6.45, 7) is 1.85. The first-order valence-electron chi connectivity index (χ1n) is 6.18. The Morgan fingerprint density at radius 2 is 2.15 bits per heavy atom. The van der Waals surface area contributed by atoms with E-state index in [1.54, 1.807) is 24.3 Å². The molecule has 0 aliphatic carbocycles. The molecule has 20 heavy (non-hydrogen) atoms. The van der Waals surface area contributed by atoms with E-state index in [0.717, 1.165) is 0 Å². The minimum Gasteiger partial charge on any atom is -0.493 e. The smallest absolute Gasteiger partial charge is 0.265 e. The average Bonchev–Trinajstić information content (AvgIpc) is 2.44. The Morgan fingerprint density at radius 3 is 2.80 bits per heavy atom. The van der Waals surface area contributed by atoms with Crippen molar-refractivity contribution in [1.29, 1.82) is 0 Å². The number of para-hydroxylation sites is 1. The van der Waals surface area contributed by atoms with Crippen LogP contribution < -0.4 is 10.1 Å². The lowest BCUT2D eigenvalue weighted by molar-refractivity contribution is -0.117. The summed E-state index contributed by atoms with van der Waals surface area (Å²) in [4.78, 5) is 11.4. The number of aliphatic hydroxyl groups is 1. The first-order chi connectivity index (χ1) is 9.54. The predicted molar refractivity (Wildman–Crippen MR) is 71.7 cm³/mol. The lowest BCUT2D eigenvalue weighted by atomic mass is 10.2. The third-order valence-electron chi connectivity index (χ3n) is 2.41. The maximum atomic E-state index is 12.0. The Hall–Kier alpha value is -1.95. The van der Waals surface area contributed by atoms with Crippen LogP contribution in [0, 0.1) is 0 Å². The zero-order chi connectivity index (χ0) is 15.0. The number of hydrogen-bond acceptors (Lipinski definition) is 3. The fourth-order valence-electron chi connectivity index (χ4n) is 1.42. The lowest BCUT2D eigenvalue weighted by Crippen LogP contribution is -2.34. The summed E-state index contributed by atoms with van der Waals surface area (Å²) in [6, 6.07) is 7.13. The van der Waals surface area contributed by atoms with Crippen LogP contribution in [0.3, 0.4) is 0 Å². The second-order valence-corrected chi connectivity index (χ2v) is 3.95. The van der Waals surface area contributed by atoms with Crippen LogP contribution in [0.5, 0.6) is 5.75 Å². The molecule has 1 atom stereocenters. The van der Waals surface area contributed by atoms with Gasteiger partial charge in [0, 0.05) is 18.2 Å². The molecule has 1 unspecified atom stereocenters. The second kappa shape index (κ2) is 8.27. The molecule has 0 saturated heterocycles. The Morgan fingerprint density at radius 1 is 1.45 bits per heavy atom. The molecule has 4 nitrogen and oxygen atoms in total. The summed E-state index contributed by atoms with van der Waals surface area (Å²) in [7, 11) is 0. The molecule has 0 radical (unpaired) electrons. The zero-order valence-electron chi connectivity index (χ0n) is 11.1. The minimum atomic E-state index is -2.88. The first kappa shape index (κ1) is 16.1. The highest BCUT2D eigenvalue weighted by Crippen LogP contribution is 2.19. The summed E-state index contributed by atoms with van der Waals surface area (Å²) in [5.41, 5.74) is 0.707. The van der Waals surface area contributed by atoms with Crippen LogP contribution >= 0.6 is 0 Å². The van der Waals surface area contributed by atoms with Crippen molar-refractivity contribution >= 4 is 12.0 Å². The molecule has 0 heterocycles. The Bertz CT molecular complexity index is 463. The third kappa shape index (κ3) is 5.36. The molecular weight excluding hydrogens is 268 g/mol. The predicted octanol–water partition coefficient (Wildman–Crippen LogP) is 1.84. The molecule has 1 aromatic rings. The molecule has 0 saturated carbocycles. The topological polar surface area (TPSA) is 58.6 Å². The van der Waals surface area contributed by atoms with Crippen LogP contribution in [0.1, 0.15) is 12.5 Å². The van der Waals surface area contributed by atoms with Crippen molar-refractivity contribution in [2.45, 2.75) is 19.5 Å². The fraction of sp³-hybridized carbons (Fsp3) is 0.357. The van der Waals surface area contributed by atoms with Gasteiger partial charge in [-0.25, -0.2) is 8.78 Å². The van der Waals surface area contributed by atoms with Gasteiger partial charge in [0.05, 0.1) is 6.61 Å². The quantitative estimate of drug-likeness (QED) is 0.752. The maximum Gasteiger partial charge on any atom is 0.265 e. The van der Waals surface area contributed by atoms with Gasteiger partial charge in [-0.1, -0.05) is 18.2 Å². The summed E-state index contributed by atoms with van der Waals surface area (Å²) in [5.74, 6) is 0.0719. The molecule has 0 fully saturated rings. The van der Waals surface area contributed by atoms with Crippen LogP contribution in [-0.2, 0) is 4.79 Å². The Balaban J connectivity index is 2.57. The molecular formula is C14H17F2NO3. The average molecular weight is 285 g/mol. The Labute approximate surface area is 116 Å². The van der Waals surface area contributed by atoms with Gasteiger partial charge in [-0.15, -0.1) is 0 Å². The van der Waals surface area contributed by atoms with Crippen molar-refractivity contribution in [3.05, 3.63) is 35.9 Å². The van der Waals surface area contributed by atoms with Crippen molar-refractivity contribution < 1.29 is 23.4 Å². The molecule has 1 rings (SSSR count). The lowest BCUT2D eigenvalue weighted by Gasteiger charge is -2.09. The van der Waals surface area contributed by atoms with Gasteiger partial charge >= 0.3 is 0 Å². The number of rotatable bonds is 7. The minimum absolute atomic E-state index is 0.492. The summed E-state index contributed by atoms with van der Waals surface area (Å²) >= 11 is 0. The van der Waals surface area contributed by atoms with E-state index in [4.69, 9.17) is 9.84 Å². The van der Waals surface area contributed by atoms with E-state index in [9.17, 15) is 13.6 Å². The van der Waals surface area contributed by atoms with Crippen LogP contribution in [0.15, 0.2) is 30.3 Å². The van der Waals surface area contributed by atoms with Gasteiger partial charge in [-0.05, 0) is 19.1 Å². The standard InChI is InChI=1S/C14H17F2NO3/c1-2-20-12-6-4-3-5-10(12)7-8-13(19)17-9-11(18)14(15)16/h3-8,11,14,18H,2,9H2,1H3,(H,17,19)/b8-7+. The van der Waals surface area contributed by atoms with E-state index in [0.29, 0.717) is 17.9 Å². The molecule has 0 bridgehead atoms. The van der Waals surface area contributed by atoms with E-state index in [1.807, 2.05) is 6.92 Å². The number of benzene rings is 1. The molecule has 1 amide bonds. The van der Waals surface area contributed by atoms with Crippen LogP contribution in [-0.4, -0.2) is 36.7 Å². The molecule has 2 N–H and O–H groups in total. The molecule has 1 aromatic carbocycles. The van der Waals surface area contributed by atoms with Crippen molar-refractivity contribution in [1.82, 2.24) is 5.32 Å². The molecule has 6 heteroatoms. The van der Waals surface area contributed by atoms with Gasteiger partial charge in [-0.2, -0.15) is 0 Å². The van der Waals surface area contributed by atoms with E-state index >= 15 is 0 Å². The zero-order valence-corrected chi connectivity index (χ0v) is 11.1. The normalized spacial score (nSPS) is 12.7. The molecule has 0 spiro atoms. The highest BCUT2D eigenvalue weighted by atomic mass is 19.3. The van der Waals surface area contributed by atoms with Gasteiger partial charge < -0.3 is 15.2 Å². The summed E-state index contributed by atoms with van der Waals surface area (Å²) < 4.78 is 29.4. The largest absolute Gasteiger partial charge is 0.493 e. The monoisotopic (exact) mass is 285 g/mol. The molecule has 0 aromatic heterocycles. The van der Waals surface area contributed by atoms with E-state index in [2.05, 4.69) is 5.32 Å².